The smallest absolute Gasteiger partial charge is 0.220 e. The van der Waals surface area contributed by atoms with Crippen molar-refractivity contribution >= 4 is 29.3 Å². The minimum Gasteiger partial charge on any atom is -0.356 e. The molecule has 0 unspecified atom stereocenters. The fourth-order valence-corrected chi connectivity index (χ4v) is 2.17. The highest BCUT2D eigenvalue weighted by Gasteiger charge is 2.00. The standard InChI is InChI=1S/C13H16ClNOS/c1-2-3-9-15-13(16)8-10-17-12-6-4-11(14)5-7-12/h2,4-7H,1,3,8-10H2,(H,15,16). The van der Waals surface area contributed by atoms with Gasteiger partial charge >= 0.3 is 0 Å². The second-order valence-electron chi connectivity index (χ2n) is 3.48. The van der Waals surface area contributed by atoms with Gasteiger partial charge in [0, 0.05) is 28.6 Å². The summed E-state index contributed by atoms with van der Waals surface area (Å²) < 4.78 is 0. The molecular weight excluding hydrogens is 254 g/mol. The highest BCUT2D eigenvalue weighted by atomic mass is 35.5. The molecule has 0 bridgehead atoms. The Hall–Kier alpha value is -0.930. The number of nitrogens with one attached hydrogen (secondary N) is 1. The van der Waals surface area contributed by atoms with Crippen molar-refractivity contribution in [3.63, 3.8) is 0 Å². The van der Waals surface area contributed by atoms with Crippen LogP contribution in [0.1, 0.15) is 12.8 Å². The zero-order chi connectivity index (χ0) is 12.5. The molecule has 17 heavy (non-hydrogen) atoms. The van der Waals surface area contributed by atoms with E-state index < -0.39 is 0 Å². The molecule has 0 fully saturated rings. The van der Waals surface area contributed by atoms with E-state index in [-0.39, 0.29) is 5.91 Å². The predicted octanol–water partition coefficient (Wildman–Crippen LogP) is 3.51. The summed E-state index contributed by atoms with van der Waals surface area (Å²) in [5.74, 6) is 0.870. The molecule has 1 amide bonds. The summed E-state index contributed by atoms with van der Waals surface area (Å²) >= 11 is 7.44. The van der Waals surface area contributed by atoms with E-state index >= 15 is 0 Å². The van der Waals surface area contributed by atoms with Crippen molar-refractivity contribution in [3.05, 3.63) is 41.9 Å². The van der Waals surface area contributed by atoms with Crippen molar-refractivity contribution < 1.29 is 4.79 Å². The van der Waals surface area contributed by atoms with Gasteiger partial charge in [-0.2, -0.15) is 0 Å². The number of thioether (sulfide) groups is 1. The molecule has 92 valence electrons. The number of benzene rings is 1. The van der Waals surface area contributed by atoms with Crippen LogP contribution in [0.15, 0.2) is 41.8 Å². The Bertz CT molecular complexity index is 364. The van der Waals surface area contributed by atoms with Crippen LogP contribution in [0.4, 0.5) is 0 Å². The van der Waals surface area contributed by atoms with Crippen LogP contribution in [0.2, 0.25) is 5.02 Å². The van der Waals surface area contributed by atoms with Crippen LogP contribution in [-0.4, -0.2) is 18.2 Å². The monoisotopic (exact) mass is 269 g/mol. The molecule has 0 aromatic heterocycles. The van der Waals surface area contributed by atoms with E-state index in [1.165, 1.54) is 0 Å². The SMILES string of the molecule is C=CCCNC(=O)CCSc1ccc(Cl)cc1. The molecule has 1 aromatic rings. The highest BCUT2D eigenvalue weighted by Crippen LogP contribution is 2.20. The normalized spacial score (nSPS) is 9.94. The summed E-state index contributed by atoms with van der Waals surface area (Å²) in [5.41, 5.74) is 0. The quantitative estimate of drug-likeness (QED) is 0.466. The van der Waals surface area contributed by atoms with Crippen LogP contribution in [0.25, 0.3) is 0 Å². The van der Waals surface area contributed by atoms with Crippen molar-refractivity contribution in [3.8, 4) is 0 Å². The van der Waals surface area contributed by atoms with Gasteiger partial charge in [-0.25, -0.2) is 0 Å². The Balaban J connectivity index is 2.16. The molecule has 1 aromatic carbocycles. The number of carbonyl (C=O) groups is 1. The van der Waals surface area contributed by atoms with Gasteiger partial charge in [0.2, 0.25) is 5.91 Å². The number of hydrogen-bond acceptors (Lipinski definition) is 2. The molecule has 0 saturated heterocycles. The van der Waals surface area contributed by atoms with Gasteiger partial charge < -0.3 is 5.32 Å². The van der Waals surface area contributed by atoms with Crippen LogP contribution in [0, 0.1) is 0 Å². The molecule has 0 aliphatic heterocycles. The minimum absolute atomic E-state index is 0.0910. The first kappa shape index (κ1) is 14.1. The maximum Gasteiger partial charge on any atom is 0.220 e. The topological polar surface area (TPSA) is 29.1 Å². The van der Waals surface area contributed by atoms with Crippen molar-refractivity contribution in [2.75, 3.05) is 12.3 Å². The first-order valence-corrected chi connectivity index (χ1v) is 6.84. The molecule has 0 atom stereocenters. The van der Waals surface area contributed by atoms with Crippen molar-refractivity contribution in [1.82, 2.24) is 5.32 Å². The van der Waals surface area contributed by atoms with Gasteiger partial charge in [-0.3, -0.25) is 4.79 Å². The molecule has 4 heteroatoms. The Morgan fingerprint density at radius 1 is 1.41 bits per heavy atom. The molecule has 0 spiro atoms. The second kappa shape index (κ2) is 8.20. The lowest BCUT2D eigenvalue weighted by atomic mass is 10.4. The maximum absolute atomic E-state index is 11.4. The number of rotatable bonds is 7. The van der Waals surface area contributed by atoms with E-state index in [1.807, 2.05) is 24.3 Å². The number of halogens is 1. The third-order valence-corrected chi connectivity index (χ3v) is 3.35. The molecule has 0 aliphatic rings. The van der Waals surface area contributed by atoms with E-state index in [4.69, 9.17) is 11.6 Å². The van der Waals surface area contributed by atoms with Crippen molar-refractivity contribution in [2.24, 2.45) is 0 Å². The average Bonchev–Trinajstić information content (AvgIpc) is 2.32. The van der Waals surface area contributed by atoms with Gasteiger partial charge in [0.25, 0.3) is 0 Å². The Morgan fingerprint density at radius 3 is 2.76 bits per heavy atom. The van der Waals surface area contributed by atoms with E-state index in [1.54, 1.807) is 17.8 Å². The third-order valence-electron chi connectivity index (χ3n) is 2.08. The lowest BCUT2D eigenvalue weighted by Crippen LogP contribution is -2.24. The lowest BCUT2D eigenvalue weighted by molar-refractivity contribution is -0.120. The maximum atomic E-state index is 11.4. The zero-order valence-electron chi connectivity index (χ0n) is 9.62. The molecule has 0 saturated carbocycles. The zero-order valence-corrected chi connectivity index (χ0v) is 11.2. The van der Waals surface area contributed by atoms with Crippen LogP contribution < -0.4 is 5.32 Å². The highest BCUT2D eigenvalue weighted by molar-refractivity contribution is 7.99. The largest absolute Gasteiger partial charge is 0.356 e. The summed E-state index contributed by atoms with van der Waals surface area (Å²) in [7, 11) is 0. The first-order valence-electron chi connectivity index (χ1n) is 5.48. The van der Waals surface area contributed by atoms with Gasteiger partial charge in [0.05, 0.1) is 0 Å². The first-order chi connectivity index (χ1) is 8.22. The van der Waals surface area contributed by atoms with Crippen LogP contribution in [-0.2, 0) is 4.79 Å². The van der Waals surface area contributed by atoms with Crippen molar-refractivity contribution in [2.45, 2.75) is 17.7 Å². The minimum atomic E-state index is 0.0910. The van der Waals surface area contributed by atoms with Crippen LogP contribution in [0.3, 0.4) is 0 Å². The Labute approximate surface area is 111 Å². The summed E-state index contributed by atoms with van der Waals surface area (Å²) in [5, 5.41) is 3.57. The van der Waals surface area contributed by atoms with E-state index in [0.717, 1.165) is 22.1 Å². The summed E-state index contributed by atoms with van der Waals surface area (Å²) in [6.07, 6.45) is 3.14. The van der Waals surface area contributed by atoms with E-state index in [9.17, 15) is 4.79 Å². The summed E-state index contributed by atoms with van der Waals surface area (Å²) in [4.78, 5) is 12.5. The van der Waals surface area contributed by atoms with Crippen LogP contribution >= 0.6 is 23.4 Å². The molecule has 0 radical (unpaired) electrons. The molecule has 0 aliphatic carbocycles. The molecule has 2 nitrogen and oxygen atoms in total. The average molecular weight is 270 g/mol. The Morgan fingerprint density at radius 2 is 2.12 bits per heavy atom. The van der Waals surface area contributed by atoms with E-state index in [2.05, 4.69) is 11.9 Å². The Kier molecular flexibility index (Phi) is 6.82. The lowest BCUT2D eigenvalue weighted by Gasteiger charge is -2.03. The predicted molar refractivity (Wildman–Crippen MR) is 74.6 cm³/mol. The number of amides is 1. The fraction of sp³-hybridized carbons (Fsp3) is 0.308. The van der Waals surface area contributed by atoms with Gasteiger partial charge in [0.1, 0.15) is 0 Å². The molecular formula is C13H16ClNOS. The van der Waals surface area contributed by atoms with Gasteiger partial charge in [-0.15, -0.1) is 18.3 Å². The summed E-state index contributed by atoms with van der Waals surface area (Å²) in [6.45, 7) is 4.27. The fourth-order valence-electron chi connectivity index (χ4n) is 1.19. The number of hydrogen-bond donors (Lipinski definition) is 1. The number of carbonyl (C=O) groups excluding carboxylic acids is 1. The van der Waals surface area contributed by atoms with Gasteiger partial charge in [-0.05, 0) is 30.7 Å². The molecule has 1 rings (SSSR count). The molecule has 1 N–H and O–H groups in total. The van der Waals surface area contributed by atoms with Crippen molar-refractivity contribution in [1.29, 1.82) is 0 Å². The van der Waals surface area contributed by atoms with Gasteiger partial charge in [-0.1, -0.05) is 17.7 Å². The van der Waals surface area contributed by atoms with Crippen LogP contribution in [0.5, 0.6) is 0 Å². The van der Waals surface area contributed by atoms with E-state index in [0.29, 0.717) is 13.0 Å². The summed E-state index contributed by atoms with van der Waals surface area (Å²) in [6, 6.07) is 7.63. The molecule has 0 heterocycles. The second-order valence-corrected chi connectivity index (χ2v) is 5.08. The van der Waals surface area contributed by atoms with Gasteiger partial charge in [0.15, 0.2) is 0 Å². The third kappa shape index (κ3) is 6.39.